The van der Waals surface area contributed by atoms with Gasteiger partial charge < -0.3 is 14.4 Å². The van der Waals surface area contributed by atoms with E-state index in [9.17, 15) is 9.59 Å². The van der Waals surface area contributed by atoms with E-state index in [1.165, 1.54) is 0 Å². The topological polar surface area (TPSA) is 92.1 Å². The Morgan fingerprint density at radius 1 is 1.21 bits per heavy atom. The number of ketones is 1. The Balaban J connectivity index is 1.27. The first-order valence-corrected chi connectivity index (χ1v) is 9.91. The summed E-state index contributed by atoms with van der Waals surface area (Å²) in [6.07, 6.45) is 6.43. The predicted molar refractivity (Wildman–Crippen MR) is 102 cm³/mol. The molecule has 144 valence electrons. The van der Waals surface area contributed by atoms with Gasteiger partial charge in [0.2, 0.25) is 5.89 Å². The molecule has 7 nitrogen and oxygen atoms in total. The second-order valence-electron chi connectivity index (χ2n) is 7.86. The van der Waals surface area contributed by atoms with Crippen LogP contribution in [0.4, 0.5) is 0 Å². The number of Topliss-reactive ketones (excluding diaryl/α,β-unsaturated/α-hetero) is 1. The van der Waals surface area contributed by atoms with E-state index in [0.717, 1.165) is 42.4 Å². The quantitative estimate of drug-likeness (QED) is 0.544. The molecule has 2 aromatic heterocycles. The largest absolute Gasteiger partial charge is 0.360 e. The molecular formula is C21H22N4O3. The summed E-state index contributed by atoms with van der Waals surface area (Å²) in [6, 6.07) is 7.52. The van der Waals surface area contributed by atoms with Crippen molar-refractivity contribution in [2.75, 3.05) is 13.1 Å². The first-order chi connectivity index (χ1) is 13.7. The zero-order valence-electron chi connectivity index (χ0n) is 15.6. The number of carbonyl (C=O) groups excluding carboxylic acids is 2. The molecule has 0 spiro atoms. The van der Waals surface area contributed by atoms with Crippen molar-refractivity contribution in [1.29, 1.82) is 0 Å². The zero-order valence-corrected chi connectivity index (χ0v) is 15.6. The summed E-state index contributed by atoms with van der Waals surface area (Å²) in [4.78, 5) is 34.9. The number of H-pyrrole nitrogens is 1. The number of amides is 1. The van der Waals surface area contributed by atoms with Gasteiger partial charge in [-0.25, -0.2) is 0 Å². The van der Waals surface area contributed by atoms with E-state index >= 15 is 0 Å². The van der Waals surface area contributed by atoms with Crippen LogP contribution in [0.5, 0.6) is 0 Å². The third-order valence-corrected chi connectivity index (χ3v) is 5.72. The number of aromatic amines is 1. The number of aromatic nitrogens is 3. The zero-order chi connectivity index (χ0) is 19.1. The van der Waals surface area contributed by atoms with Crippen LogP contribution in [-0.2, 0) is 11.2 Å². The van der Waals surface area contributed by atoms with E-state index in [1.807, 2.05) is 24.3 Å². The van der Waals surface area contributed by atoms with Crippen molar-refractivity contribution >= 4 is 22.6 Å². The van der Waals surface area contributed by atoms with Gasteiger partial charge in [0.1, 0.15) is 0 Å². The second kappa shape index (κ2) is 6.89. The highest BCUT2D eigenvalue weighted by Crippen LogP contribution is 2.38. The van der Waals surface area contributed by atoms with Crippen molar-refractivity contribution in [3.63, 3.8) is 0 Å². The first-order valence-electron chi connectivity index (χ1n) is 9.91. The highest BCUT2D eigenvalue weighted by Gasteiger charge is 2.32. The van der Waals surface area contributed by atoms with Gasteiger partial charge in [-0.3, -0.25) is 9.59 Å². The van der Waals surface area contributed by atoms with Crippen molar-refractivity contribution in [1.82, 2.24) is 20.0 Å². The van der Waals surface area contributed by atoms with Crippen LogP contribution in [0.25, 0.3) is 10.9 Å². The lowest BCUT2D eigenvalue weighted by atomic mass is 9.94. The first kappa shape index (κ1) is 17.2. The molecule has 5 rings (SSSR count). The maximum Gasteiger partial charge on any atom is 0.295 e. The Labute approximate surface area is 162 Å². The number of hydrogen-bond acceptors (Lipinski definition) is 5. The van der Waals surface area contributed by atoms with Crippen LogP contribution in [-0.4, -0.2) is 44.8 Å². The van der Waals surface area contributed by atoms with Gasteiger partial charge in [-0.05, 0) is 37.7 Å². The SMILES string of the molecule is O=C(C(=O)N1CCCC(Cc2nc(C3CC3)no2)C1)c1c[nH]c2ccccc12. The minimum absolute atomic E-state index is 0.237. The van der Waals surface area contributed by atoms with E-state index in [-0.39, 0.29) is 5.92 Å². The average Bonchev–Trinajstić information content (AvgIpc) is 3.32. The molecular weight excluding hydrogens is 356 g/mol. The molecule has 1 aromatic carbocycles. The lowest BCUT2D eigenvalue weighted by molar-refractivity contribution is -0.128. The molecule has 1 saturated carbocycles. The maximum atomic E-state index is 12.9. The minimum Gasteiger partial charge on any atom is -0.360 e. The number of carbonyl (C=O) groups is 2. The second-order valence-corrected chi connectivity index (χ2v) is 7.86. The third-order valence-electron chi connectivity index (χ3n) is 5.72. The standard InChI is InChI=1S/C21H22N4O3/c26-19(16-11-22-17-6-2-1-5-15(16)17)21(27)25-9-3-4-13(12-25)10-18-23-20(24-28-18)14-7-8-14/h1-2,5-6,11,13-14,22H,3-4,7-10,12H2. The number of piperidine rings is 1. The predicted octanol–water partition coefficient (Wildman–Crippen LogP) is 3.09. The molecule has 0 bridgehead atoms. The molecule has 1 aliphatic heterocycles. The summed E-state index contributed by atoms with van der Waals surface area (Å²) in [7, 11) is 0. The van der Waals surface area contributed by atoms with Crippen LogP contribution in [0.3, 0.4) is 0 Å². The lowest BCUT2D eigenvalue weighted by Gasteiger charge is -2.31. The monoisotopic (exact) mass is 378 g/mol. The van der Waals surface area contributed by atoms with E-state index in [1.54, 1.807) is 11.1 Å². The van der Waals surface area contributed by atoms with Gasteiger partial charge in [-0.15, -0.1) is 0 Å². The molecule has 1 N–H and O–H groups in total. The molecule has 1 saturated heterocycles. The summed E-state index contributed by atoms with van der Waals surface area (Å²) < 4.78 is 5.38. The molecule has 1 aliphatic carbocycles. The number of fused-ring (bicyclic) bond motifs is 1. The van der Waals surface area contributed by atoms with Gasteiger partial charge in [-0.2, -0.15) is 4.98 Å². The molecule has 2 fully saturated rings. The maximum absolute atomic E-state index is 12.9. The Kier molecular flexibility index (Phi) is 4.22. The molecule has 0 radical (unpaired) electrons. The van der Waals surface area contributed by atoms with Crippen molar-refractivity contribution < 1.29 is 14.1 Å². The number of para-hydroxylation sites is 1. The fourth-order valence-corrected chi connectivity index (χ4v) is 4.04. The van der Waals surface area contributed by atoms with Gasteiger partial charge >= 0.3 is 0 Å². The Morgan fingerprint density at radius 3 is 2.93 bits per heavy atom. The fraction of sp³-hybridized carbons (Fsp3) is 0.429. The van der Waals surface area contributed by atoms with Crippen LogP contribution in [0.2, 0.25) is 0 Å². The Hall–Kier alpha value is -2.96. The molecule has 1 amide bonds. The number of likely N-dealkylation sites (tertiary alicyclic amines) is 1. The smallest absolute Gasteiger partial charge is 0.295 e. The van der Waals surface area contributed by atoms with Gasteiger partial charge in [0, 0.05) is 42.5 Å². The van der Waals surface area contributed by atoms with Gasteiger partial charge in [0.15, 0.2) is 5.82 Å². The molecule has 2 aliphatic rings. The summed E-state index contributed by atoms with van der Waals surface area (Å²) in [5.41, 5.74) is 1.30. The highest BCUT2D eigenvalue weighted by atomic mass is 16.5. The van der Waals surface area contributed by atoms with E-state index in [4.69, 9.17) is 4.52 Å². The molecule has 28 heavy (non-hydrogen) atoms. The number of rotatable bonds is 5. The molecule has 1 atom stereocenters. The van der Waals surface area contributed by atoms with E-state index in [0.29, 0.717) is 36.9 Å². The van der Waals surface area contributed by atoms with Crippen LogP contribution in [0.15, 0.2) is 35.0 Å². The number of hydrogen-bond donors (Lipinski definition) is 1. The van der Waals surface area contributed by atoms with Crippen molar-refractivity contribution in [3.05, 3.63) is 47.7 Å². The number of nitrogens with one attached hydrogen (secondary N) is 1. The summed E-state index contributed by atoms with van der Waals surface area (Å²) in [6.45, 7) is 1.16. The van der Waals surface area contributed by atoms with Crippen LogP contribution in [0.1, 0.15) is 53.7 Å². The lowest BCUT2D eigenvalue weighted by Crippen LogP contribution is -2.43. The minimum atomic E-state index is -0.452. The summed E-state index contributed by atoms with van der Waals surface area (Å²) in [5.74, 6) is 1.28. The third kappa shape index (κ3) is 3.21. The summed E-state index contributed by atoms with van der Waals surface area (Å²) >= 11 is 0. The number of nitrogens with zero attached hydrogens (tertiary/aromatic N) is 3. The van der Waals surface area contributed by atoms with E-state index in [2.05, 4.69) is 15.1 Å². The number of benzene rings is 1. The van der Waals surface area contributed by atoms with Gasteiger partial charge in [0.05, 0.1) is 5.56 Å². The van der Waals surface area contributed by atoms with Crippen molar-refractivity contribution in [3.8, 4) is 0 Å². The van der Waals surface area contributed by atoms with Crippen LogP contribution >= 0.6 is 0 Å². The van der Waals surface area contributed by atoms with Crippen molar-refractivity contribution in [2.45, 2.75) is 38.0 Å². The van der Waals surface area contributed by atoms with E-state index < -0.39 is 11.7 Å². The molecule has 7 heteroatoms. The molecule has 3 heterocycles. The van der Waals surface area contributed by atoms with Gasteiger partial charge in [0.25, 0.3) is 11.7 Å². The summed E-state index contributed by atoms with van der Waals surface area (Å²) in [5, 5.41) is 4.85. The average molecular weight is 378 g/mol. The van der Waals surface area contributed by atoms with Gasteiger partial charge in [-0.1, -0.05) is 23.4 Å². The fourth-order valence-electron chi connectivity index (χ4n) is 4.04. The Morgan fingerprint density at radius 2 is 2.07 bits per heavy atom. The normalized spacial score (nSPS) is 19.9. The Bertz CT molecular complexity index is 1030. The molecule has 1 unspecified atom stereocenters. The highest BCUT2D eigenvalue weighted by molar-refractivity contribution is 6.44. The van der Waals surface area contributed by atoms with Crippen LogP contribution < -0.4 is 0 Å². The molecule has 3 aromatic rings. The van der Waals surface area contributed by atoms with Crippen molar-refractivity contribution in [2.24, 2.45) is 5.92 Å². The van der Waals surface area contributed by atoms with Crippen LogP contribution in [0, 0.1) is 5.92 Å².